The lowest BCUT2D eigenvalue weighted by atomic mass is 9.82. The fourth-order valence-electron chi connectivity index (χ4n) is 4.27. The molecule has 1 aromatic carbocycles. The Kier molecular flexibility index (Phi) is 6.26. The first-order valence-corrected chi connectivity index (χ1v) is 11.2. The Hall–Kier alpha value is -3.18. The van der Waals surface area contributed by atoms with Gasteiger partial charge in [0.05, 0.1) is 12.0 Å². The maximum Gasteiger partial charge on any atom is 0.309 e. The summed E-state index contributed by atoms with van der Waals surface area (Å²) in [4.78, 5) is 50.1. The van der Waals surface area contributed by atoms with Crippen LogP contribution < -0.4 is 5.32 Å². The van der Waals surface area contributed by atoms with Crippen molar-refractivity contribution in [3.8, 4) is 11.8 Å². The van der Waals surface area contributed by atoms with Crippen LogP contribution >= 0.6 is 0 Å². The summed E-state index contributed by atoms with van der Waals surface area (Å²) in [5, 5.41) is 2.31. The Labute approximate surface area is 193 Å². The lowest BCUT2D eigenvalue weighted by molar-refractivity contribution is -0.168. The maximum absolute atomic E-state index is 12.9. The third-order valence-electron chi connectivity index (χ3n) is 6.03. The van der Waals surface area contributed by atoms with Gasteiger partial charge in [-0.1, -0.05) is 17.9 Å². The molecule has 3 aliphatic rings. The van der Waals surface area contributed by atoms with Crippen LogP contribution in [0, 0.1) is 17.8 Å². The molecule has 1 saturated carbocycles. The molecule has 0 radical (unpaired) electrons. The summed E-state index contributed by atoms with van der Waals surface area (Å²) in [6.45, 7) is 6.06. The fraction of sp³-hybridized carbons (Fsp3) is 0.520. The van der Waals surface area contributed by atoms with E-state index in [1.54, 1.807) is 12.1 Å². The number of carbonyl (C=O) groups is 4. The standard InChI is InChI=1S/C25H28N2O6/c1-25(2,3)33-24(31)16-12-17(13-16)32-11-5-7-15-6-4-8-18-19(15)14-27(23(18)30)20-9-10-21(28)26-22(20)29/h4,6,8,16-17,20H,9-14H2,1-3H3,(H,26,28,29)/t16?,17?,20-/m0/s1. The van der Waals surface area contributed by atoms with E-state index in [1.807, 2.05) is 26.8 Å². The number of nitrogens with one attached hydrogen (secondary N) is 1. The molecule has 1 N–H and O–H groups in total. The van der Waals surface area contributed by atoms with Crippen LogP contribution in [0.2, 0.25) is 0 Å². The van der Waals surface area contributed by atoms with E-state index in [1.165, 1.54) is 4.90 Å². The van der Waals surface area contributed by atoms with Crippen molar-refractivity contribution in [1.29, 1.82) is 0 Å². The first-order chi connectivity index (χ1) is 15.6. The number of imide groups is 1. The van der Waals surface area contributed by atoms with E-state index in [0.29, 0.717) is 24.8 Å². The van der Waals surface area contributed by atoms with Gasteiger partial charge >= 0.3 is 5.97 Å². The van der Waals surface area contributed by atoms with Crippen LogP contribution in [0.4, 0.5) is 0 Å². The van der Waals surface area contributed by atoms with Crippen LogP contribution in [0.3, 0.4) is 0 Å². The average Bonchev–Trinajstić information content (AvgIpc) is 3.02. The van der Waals surface area contributed by atoms with Crippen LogP contribution in [0.25, 0.3) is 0 Å². The summed E-state index contributed by atoms with van der Waals surface area (Å²) in [6.07, 6.45) is 1.80. The van der Waals surface area contributed by atoms with Gasteiger partial charge in [-0.3, -0.25) is 24.5 Å². The highest BCUT2D eigenvalue weighted by atomic mass is 16.6. The Bertz CT molecular complexity index is 1050. The first kappa shape index (κ1) is 23.0. The molecule has 1 saturated heterocycles. The SMILES string of the molecule is CC(C)(C)OC(=O)C1CC(OCC#Cc2cccc3c2CN([C@H]2CCC(=O)NC2=O)C3=O)C1. The van der Waals surface area contributed by atoms with Gasteiger partial charge in [0.25, 0.3) is 5.91 Å². The summed E-state index contributed by atoms with van der Waals surface area (Å²) in [5.74, 6) is 4.81. The summed E-state index contributed by atoms with van der Waals surface area (Å²) < 4.78 is 11.1. The van der Waals surface area contributed by atoms with E-state index in [2.05, 4.69) is 17.2 Å². The number of rotatable bonds is 4. The van der Waals surface area contributed by atoms with Gasteiger partial charge in [-0.15, -0.1) is 0 Å². The smallest absolute Gasteiger partial charge is 0.309 e. The Balaban J connectivity index is 1.32. The number of benzene rings is 1. The molecule has 0 aromatic heterocycles. The first-order valence-electron chi connectivity index (χ1n) is 11.2. The minimum absolute atomic E-state index is 0.0112. The van der Waals surface area contributed by atoms with Gasteiger partial charge < -0.3 is 14.4 Å². The Morgan fingerprint density at radius 2 is 1.97 bits per heavy atom. The largest absolute Gasteiger partial charge is 0.460 e. The lowest BCUT2D eigenvalue weighted by Gasteiger charge is -2.34. The molecule has 2 aliphatic heterocycles. The molecular weight excluding hydrogens is 424 g/mol. The van der Waals surface area contributed by atoms with Crippen LogP contribution in [-0.2, 0) is 30.4 Å². The molecule has 1 aromatic rings. The Morgan fingerprint density at radius 3 is 2.67 bits per heavy atom. The van der Waals surface area contributed by atoms with Crippen LogP contribution in [0.15, 0.2) is 18.2 Å². The third-order valence-corrected chi connectivity index (χ3v) is 6.03. The van der Waals surface area contributed by atoms with E-state index in [-0.39, 0.29) is 49.4 Å². The minimum Gasteiger partial charge on any atom is -0.460 e. The molecule has 3 amide bonds. The third kappa shape index (κ3) is 5.09. The molecule has 2 fully saturated rings. The summed E-state index contributed by atoms with van der Waals surface area (Å²) in [7, 11) is 0. The number of ether oxygens (including phenoxy) is 2. The molecule has 8 heteroatoms. The normalized spacial score (nSPS) is 24.4. The molecule has 174 valence electrons. The second-order valence-corrected chi connectivity index (χ2v) is 9.67. The van der Waals surface area contributed by atoms with Gasteiger partial charge in [-0.2, -0.15) is 0 Å². The van der Waals surface area contributed by atoms with E-state index < -0.39 is 17.6 Å². The number of carbonyl (C=O) groups excluding carboxylic acids is 4. The second-order valence-electron chi connectivity index (χ2n) is 9.67. The van der Waals surface area contributed by atoms with Crippen LogP contribution in [0.1, 0.15) is 67.9 Å². The number of hydrogen-bond acceptors (Lipinski definition) is 6. The number of amides is 3. The zero-order valence-electron chi connectivity index (χ0n) is 19.1. The molecule has 2 heterocycles. The molecular formula is C25H28N2O6. The molecule has 33 heavy (non-hydrogen) atoms. The molecule has 0 spiro atoms. The number of nitrogens with zero attached hydrogens (tertiary/aromatic N) is 1. The number of fused-ring (bicyclic) bond motifs is 1. The summed E-state index contributed by atoms with van der Waals surface area (Å²) in [5.41, 5.74) is 1.55. The fourth-order valence-corrected chi connectivity index (χ4v) is 4.27. The van der Waals surface area contributed by atoms with E-state index >= 15 is 0 Å². The highest BCUT2D eigenvalue weighted by molar-refractivity contribution is 6.05. The van der Waals surface area contributed by atoms with Crippen LogP contribution in [-0.4, -0.2) is 52.9 Å². The topological polar surface area (TPSA) is 102 Å². The number of hydrogen-bond donors (Lipinski definition) is 1. The van der Waals surface area contributed by atoms with E-state index in [0.717, 1.165) is 11.1 Å². The second kappa shape index (κ2) is 8.99. The molecule has 0 unspecified atom stereocenters. The van der Waals surface area contributed by atoms with Gasteiger partial charge in [0.2, 0.25) is 11.8 Å². The number of piperidine rings is 1. The summed E-state index contributed by atoms with van der Waals surface area (Å²) >= 11 is 0. The quantitative estimate of drug-likeness (QED) is 0.426. The van der Waals surface area contributed by atoms with Gasteiger partial charge in [0, 0.05) is 24.1 Å². The monoisotopic (exact) mass is 452 g/mol. The maximum atomic E-state index is 12.9. The lowest BCUT2D eigenvalue weighted by Crippen LogP contribution is -2.52. The predicted molar refractivity (Wildman–Crippen MR) is 118 cm³/mol. The number of esters is 1. The van der Waals surface area contributed by atoms with Crippen molar-refractivity contribution in [3.63, 3.8) is 0 Å². The van der Waals surface area contributed by atoms with Crippen molar-refractivity contribution in [2.75, 3.05) is 6.61 Å². The van der Waals surface area contributed by atoms with Crippen molar-refractivity contribution in [2.24, 2.45) is 5.92 Å². The van der Waals surface area contributed by atoms with Crippen LogP contribution in [0.5, 0.6) is 0 Å². The molecule has 4 rings (SSSR count). The Morgan fingerprint density at radius 1 is 1.21 bits per heavy atom. The van der Waals surface area contributed by atoms with Gasteiger partial charge in [0.15, 0.2) is 0 Å². The van der Waals surface area contributed by atoms with Crippen molar-refractivity contribution < 1.29 is 28.7 Å². The zero-order chi connectivity index (χ0) is 23.8. The van der Waals surface area contributed by atoms with Crippen molar-refractivity contribution >= 4 is 23.7 Å². The van der Waals surface area contributed by atoms with Crippen molar-refractivity contribution in [2.45, 2.75) is 70.7 Å². The zero-order valence-corrected chi connectivity index (χ0v) is 19.1. The average molecular weight is 453 g/mol. The van der Waals surface area contributed by atoms with Crippen molar-refractivity contribution in [1.82, 2.24) is 10.2 Å². The van der Waals surface area contributed by atoms with E-state index in [9.17, 15) is 19.2 Å². The highest BCUT2D eigenvalue weighted by Crippen LogP contribution is 2.32. The van der Waals surface area contributed by atoms with Gasteiger partial charge in [-0.25, -0.2) is 0 Å². The predicted octanol–water partition coefficient (Wildman–Crippen LogP) is 1.94. The highest BCUT2D eigenvalue weighted by Gasteiger charge is 2.40. The molecule has 1 aliphatic carbocycles. The molecule has 0 bridgehead atoms. The van der Waals surface area contributed by atoms with Gasteiger partial charge in [-0.05, 0) is 57.7 Å². The minimum atomic E-state index is -0.650. The molecule has 1 atom stereocenters. The molecule has 8 nitrogen and oxygen atoms in total. The summed E-state index contributed by atoms with van der Waals surface area (Å²) in [6, 6.07) is 4.70. The van der Waals surface area contributed by atoms with Crippen molar-refractivity contribution in [3.05, 3.63) is 34.9 Å². The van der Waals surface area contributed by atoms with E-state index in [4.69, 9.17) is 9.47 Å². The van der Waals surface area contributed by atoms with Gasteiger partial charge in [0.1, 0.15) is 18.2 Å².